The first-order chi connectivity index (χ1) is 10.7. The van der Waals surface area contributed by atoms with E-state index in [1.165, 1.54) is 0 Å². The maximum absolute atomic E-state index is 7.63. The smallest absolute Gasteiger partial charge is 0.0923 e. The number of hydrogen-bond acceptors (Lipinski definition) is 3. The second-order valence-corrected chi connectivity index (χ2v) is 5.45. The summed E-state index contributed by atoms with van der Waals surface area (Å²) in [5, 5.41) is 13.4. The molecule has 0 atom stereocenters. The summed E-state index contributed by atoms with van der Waals surface area (Å²) >= 11 is 0. The van der Waals surface area contributed by atoms with Crippen LogP contribution in [0.5, 0.6) is 0 Å². The van der Waals surface area contributed by atoms with E-state index >= 15 is 0 Å². The molecule has 0 unspecified atom stereocenters. The highest BCUT2D eigenvalue weighted by Gasteiger charge is 2.08. The Kier molecular flexibility index (Phi) is 3.92. The van der Waals surface area contributed by atoms with Crippen LogP contribution in [0.4, 0.5) is 5.69 Å². The van der Waals surface area contributed by atoms with Crippen LogP contribution in [-0.4, -0.2) is 35.9 Å². The van der Waals surface area contributed by atoms with Gasteiger partial charge in [-0.2, -0.15) is 0 Å². The maximum atomic E-state index is 7.63. The standard InChI is InChI=1S/C18H20N4/c1-13(19)22(2)12-11-20-18-14-7-3-5-9-16(14)21-17-10-6-4-8-15(17)18/h3-10,19H,11-12H2,1-2H3,(H,20,21). The van der Waals surface area contributed by atoms with Gasteiger partial charge in [-0.25, -0.2) is 4.98 Å². The topological polar surface area (TPSA) is 52.0 Å². The molecule has 3 rings (SSSR count). The van der Waals surface area contributed by atoms with E-state index in [4.69, 9.17) is 10.4 Å². The molecule has 0 aliphatic heterocycles. The maximum Gasteiger partial charge on any atom is 0.0923 e. The van der Waals surface area contributed by atoms with Crippen LogP contribution in [-0.2, 0) is 0 Å². The number of likely N-dealkylation sites (N-methyl/N-ethyl adjacent to an activating group) is 1. The lowest BCUT2D eigenvalue weighted by Crippen LogP contribution is -2.28. The summed E-state index contributed by atoms with van der Waals surface area (Å²) in [7, 11) is 1.94. The van der Waals surface area contributed by atoms with Crippen LogP contribution in [0.1, 0.15) is 6.92 Å². The zero-order chi connectivity index (χ0) is 15.5. The van der Waals surface area contributed by atoms with E-state index in [9.17, 15) is 0 Å². The summed E-state index contributed by atoms with van der Waals surface area (Å²) in [6.07, 6.45) is 0. The molecule has 1 heterocycles. The minimum absolute atomic E-state index is 0.575. The number of hydrogen-bond donors (Lipinski definition) is 2. The summed E-state index contributed by atoms with van der Waals surface area (Å²) in [5.41, 5.74) is 3.12. The molecule has 0 spiro atoms. The molecular formula is C18H20N4. The average molecular weight is 292 g/mol. The predicted octanol–water partition coefficient (Wildman–Crippen LogP) is 3.73. The Hall–Kier alpha value is -2.62. The molecule has 0 bridgehead atoms. The van der Waals surface area contributed by atoms with E-state index in [1.807, 2.05) is 48.3 Å². The van der Waals surface area contributed by atoms with Gasteiger partial charge in [-0.1, -0.05) is 36.4 Å². The molecule has 1 aromatic heterocycles. The second-order valence-electron chi connectivity index (χ2n) is 5.45. The first-order valence-electron chi connectivity index (χ1n) is 7.44. The number of aromatic nitrogens is 1. The van der Waals surface area contributed by atoms with E-state index in [0.29, 0.717) is 5.84 Å². The Morgan fingerprint density at radius 3 is 2.14 bits per heavy atom. The molecule has 112 valence electrons. The SMILES string of the molecule is CC(=N)N(C)CCNc1c2ccccc2nc2ccccc12. The fourth-order valence-electron chi connectivity index (χ4n) is 2.55. The molecule has 0 saturated heterocycles. The summed E-state index contributed by atoms with van der Waals surface area (Å²) in [4.78, 5) is 6.65. The van der Waals surface area contributed by atoms with Crippen molar-refractivity contribution in [2.75, 3.05) is 25.5 Å². The van der Waals surface area contributed by atoms with Crippen LogP contribution >= 0.6 is 0 Å². The predicted molar refractivity (Wildman–Crippen MR) is 93.8 cm³/mol. The van der Waals surface area contributed by atoms with Crippen molar-refractivity contribution in [3.05, 3.63) is 48.5 Å². The molecule has 0 fully saturated rings. The normalized spacial score (nSPS) is 10.8. The second kappa shape index (κ2) is 6.02. The molecular weight excluding hydrogens is 272 g/mol. The number of fused-ring (bicyclic) bond motifs is 2. The van der Waals surface area contributed by atoms with E-state index < -0.39 is 0 Å². The Morgan fingerprint density at radius 1 is 1.05 bits per heavy atom. The van der Waals surface area contributed by atoms with Gasteiger partial charge >= 0.3 is 0 Å². The zero-order valence-corrected chi connectivity index (χ0v) is 12.9. The fraction of sp³-hybridized carbons (Fsp3) is 0.222. The van der Waals surface area contributed by atoms with Gasteiger partial charge in [-0.3, -0.25) is 5.41 Å². The van der Waals surface area contributed by atoms with Gasteiger partial charge in [-0.05, 0) is 19.1 Å². The number of anilines is 1. The highest BCUT2D eigenvalue weighted by atomic mass is 15.1. The number of amidine groups is 1. The third-order valence-corrected chi connectivity index (χ3v) is 3.91. The van der Waals surface area contributed by atoms with Crippen LogP contribution in [0.2, 0.25) is 0 Å². The van der Waals surface area contributed by atoms with Crippen molar-refractivity contribution in [2.24, 2.45) is 0 Å². The Bertz CT molecular complexity index is 772. The molecule has 0 aliphatic rings. The Morgan fingerprint density at radius 2 is 1.59 bits per heavy atom. The van der Waals surface area contributed by atoms with Gasteiger partial charge in [0.05, 0.1) is 22.6 Å². The van der Waals surface area contributed by atoms with Crippen LogP contribution in [0.3, 0.4) is 0 Å². The lowest BCUT2D eigenvalue weighted by molar-refractivity contribution is 0.517. The minimum Gasteiger partial charge on any atom is -0.382 e. The molecule has 0 amide bonds. The number of nitrogens with one attached hydrogen (secondary N) is 2. The van der Waals surface area contributed by atoms with Crippen LogP contribution < -0.4 is 5.32 Å². The number of nitrogens with zero attached hydrogens (tertiary/aromatic N) is 2. The van der Waals surface area contributed by atoms with Gasteiger partial charge in [-0.15, -0.1) is 0 Å². The first-order valence-corrected chi connectivity index (χ1v) is 7.44. The van der Waals surface area contributed by atoms with Gasteiger partial charge < -0.3 is 10.2 Å². The molecule has 2 N–H and O–H groups in total. The fourth-order valence-corrected chi connectivity index (χ4v) is 2.55. The van der Waals surface area contributed by atoms with Gasteiger partial charge in [0.25, 0.3) is 0 Å². The van der Waals surface area contributed by atoms with Crippen molar-refractivity contribution >= 4 is 33.3 Å². The molecule has 4 nitrogen and oxygen atoms in total. The quantitative estimate of drug-likeness (QED) is 0.437. The molecule has 0 aliphatic carbocycles. The first kappa shape index (κ1) is 14.3. The molecule has 4 heteroatoms. The third-order valence-electron chi connectivity index (χ3n) is 3.91. The van der Waals surface area contributed by atoms with Crippen LogP contribution in [0.15, 0.2) is 48.5 Å². The molecule has 2 aromatic carbocycles. The molecule has 3 aromatic rings. The van der Waals surface area contributed by atoms with Crippen molar-refractivity contribution < 1.29 is 0 Å². The summed E-state index contributed by atoms with van der Waals surface area (Å²) in [6, 6.07) is 16.4. The lowest BCUT2D eigenvalue weighted by atomic mass is 10.1. The van der Waals surface area contributed by atoms with Crippen molar-refractivity contribution in [3.63, 3.8) is 0 Å². The zero-order valence-electron chi connectivity index (χ0n) is 12.9. The highest BCUT2D eigenvalue weighted by Crippen LogP contribution is 2.30. The van der Waals surface area contributed by atoms with Crippen LogP contribution in [0, 0.1) is 5.41 Å². The molecule has 22 heavy (non-hydrogen) atoms. The van der Waals surface area contributed by atoms with Crippen molar-refractivity contribution in [1.29, 1.82) is 5.41 Å². The van der Waals surface area contributed by atoms with E-state index in [-0.39, 0.29) is 0 Å². The number of para-hydroxylation sites is 2. The van der Waals surface area contributed by atoms with Gasteiger partial charge in [0, 0.05) is 30.9 Å². The lowest BCUT2D eigenvalue weighted by Gasteiger charge is -2.19. The summed E-state index contributed by atoms with van der Waals surface area (Å²) in [5.74, 6) is 0.575. The van der Waals surface area contributed by atoms with Crippen molar-refractivity contribution in [3.8, 4) is 0 Å². The molecule has 0 radical (unpaired) electrons. The number of benzene rings is 2. The third kappa shape index (κ3) is 2.72. The van der Waals surface area contributed by atoms with Gasteiger partial charge in [0.15, 0.2) is 0 Å². The van der Waals surface area contributed by atoms with E-state index in [2.05, 4.69) is 17.4 Å². The van der Waals surface area contributed by atoms with Gasteiger partial charge in [0.1, 0.15) is 0 Å². The summed E-state index contributed by atoms with van der Waals surface area (Å²) in [6.45, 7) is 3.38. The monoisotopic (exact) mass is 292 g/mol. The minimum atomic E-state index is 0.575. The molecule has 0 saturated carbocycles. The number of rotatable bonds is 4. The Labute approximate surface area is 130 Å². The van der Waals surface area contributed by atoms with Gasteiger partial charge in [0.2, 0.25) is 0 Å². The van der Waals surface area contributed by atoms with E-state index in [0.717, 1.165) is 40.6 Å². The van der Waals surface area contributed by atoms with Crippen molar-refractivity contribution in [2.45, 2.75) is 6.92 Å². The van der Waals surface area contributed by atoms with Crippen molar-refractivity contribution in [1.82, 2.24) is 9.88 Å². The number of pyridine rings is 1. The van der Waals surface area contributed by atoms with E-state index in [1.54, 1.807) is 6.92 Å². The summed E-state index contributed by atoms with van der Waals surface area (Å²) < 4.78 is 0. The Balaban J connectivity index is 1.99. The highest BCUT2D eigenvalue weighted by molar-refractivity contribution is 6.07. The average Bonchev–Trinajstić information content (AvgIpc) is 2.53. The largest absolute Gasteiger partial charge is 0.382 e. The van der Waals surface area contributed by atoms with Crippen LogP contribution in [0.25, 0.3) is 21.8 Å².